The van der Waals surface area contributed by atoms with Gasteiger partial charge in [-0.2, -0.15) is 0 Å². The van der Waals surface area contributed by atoms with Crippen LogP contribution in [0.5, 0.6) is 23.0 Å². The summed E-state index contributed by atoms with van der Waals surface area (Å²) in [6.45, 7) is 12.0. The van der Waals surface area contributed by atoms with Crippen molar-refractivity contribution in [3.63, 3.8) is 0 Å². The van der Waals surface area contributed by atoms with Crippen LogP contribution in [0.1, 0.15) is 70.9 Å². The molecule has 2 aromatic carbocycles. The second-order valence-electron chi connectivity index (χ2n) is 11.7. The summed E-state index contributed by atoms with van der Waals surface area (Å²) >= 11 is 0. The van der Waals surface area contributed by atoms with Crippen molar-refractivity contribution in [1.82, 2.24) is 4.90 Å². The molecule has 0 saturated carbocycles. The number of benzene rings is 2. The molecular weight excluding hydrogens is 506 g/mol. The molecule has 1 fully saturated rings. The minimum Gasteiger partial charge on any atom is -0.506 e. The summed E-state index contributed by atoms with van der Waals surface area (Å²) in [6, 6.07) is 3.43. The van der Waals surface area contributed by atoms with Crippen LogP contribution >= 0.6 is 0 Å². The molecule has 3 heterocycles. The Bertz CT molecular complexity index is 1520. The third-order valence-corrected chi connectivity index (χ3v) is 7.77. The normalized spacial score (nSPS) is 16.2. The van der Waals surface area contributed by atoms with E-state index in [1.54, 1.807) is 25.3 Å². The molecule has 214 valence electrons. The third kappa shape index (κ3) is 5.71. The van der Waals surface area contributed by atoms with Gasteiger partial charge in [-0.25, -0.2) is 0 Å². The van der Waals surface area contributed by atoms with Crippen LogP contribution in [0, 0.1) is 0 Å². The van der Waals surface area contributed by atoms with Gasteiger partial charge in [0.25, 0.3) is 0 Å². The number of fused-ring (bicyclic) bond motifs is 3. The van der Waals surface area contributed by atoms with Crippen molar-refractivity contribution in [2.24, 2.45) is 0 Å². The number of unbranched alkanes of at least 4 members (excludes halogenated alkanes) is 2. The van der Waals surface area contributed by atoms with E-state index >= 15 is 0 Å². The van der Waals surface area contributed by atoms with E-state index in [0.717, 1.165) is 31.4 Å². The number of likely N-dealkylation sites (tertiary alicyclic amines) is 1. The predicted molar refractivity (Wildman–Crippen MR) is 160 cm³/mol. The Morgan fingerprint density at radius 3 is 2.58 bits per heavy atom. The van der Waals surface area contributed by atoms with Gasteiger partial charge < -0.3 is 28.6 Å². The van der Waals surface area contributed by atoms with E-state index in [1.165, 1.54) is 25.9 Å². The average Bonchev–Trinajstić information content (AvgIpc) is 3.41. The first-order chi connectivity index (χ1) is 19.2. The highest BCUT2D eigenvalue weighted by Gasteiger charge is 2.28. The molecule has 0 unspecified atom stereocenters. The molecule has 0 radical (unpaired) electrons. The van der Waals surface area contributed by atoms with E-state index in [2.05, 4.69) is 11.0 Å². The van der Waals surface area contributed by atoms with Crippen molar-refractivity contribution >= 4 is 28.0 Å². The van der Waals surface area contributed by atoms with E-state index in [0.29, 0.717) is 52.4 Å². The summed E-state index contributed by atoms with van der Waals surface area (Å²) in [5.74, 6) is 1.41. The summed E-state index contributed by atoms with van der Waals surface area (Å²) in [5.41, 5.74) is 2.09. The monoisotopic (exact) mass is 547 g/mol. The van der Waals surface area contributed by atoms with Crippen molar-refractivity contribution in [2.45, 2.75) is 71.8 Å². The Labute approximate surface area is 236 Å². The van der Waals surface area contributed by atoms with Crippen LogP contribution in [0.15, 0.2) is 39.1 Å². The number of methoxy groups -OCH3 is 1. The van der Waals surface area contributed by atoms with Crippen LogP contribution in [0.25, 0.3) is 28.0 Å². The van der Waals surface area contributed by atoms with Gasteiger partial charge >= 0.3 is 0 Å². The Morgan fingerprint density at radius 2 is 1.85 bits per heavy atom. The van der Waals surface area contributed by atoms with Gasteiger partial charge in [0.15, 0.2) is 11.5 Å². The summed E-state index contributed by atoms with van der Waals surface area (Å²) in [6.07, 6.45) is 12.0. The number of ether oxygens (including phenoxy) is 3. The molecule has 1 aromatic heterocycles. The molecule has 3 aromatic rings. The van der Waals surface area contributed by atoms with E-state index in [-0.39, 0.29) is 22.1 Å². The van der Waals surface area contributed by atoms with Crippen molar-refractivity contribution in [3.8, 4) is 23.0 Å². The molecule has 1 saturated heterocycles. The summed E-state index contributed by atoms with van der Waals surface area (Å²) in [5, 5.41) is 11.7. The number of allylic oxidation sites excluding steroid dienone is 2. The molecular formula is C33H41NO6. The minimum absolute atomic E-state index is 0.131. The van der Waals surface area contributed by atoms with E-state index in [1.807, 2.05) is 33.8 Å². The fourth-order valence-electron chi connectivity index (χ4n) is 5.66. The highest BCUT2D eigenvalue weighted by Crippen LogP contribution is 2.43. The van der Waals surface area contributed by atoms with E-state index < -0.39 is 5.60 Å². The van der Waals surface area contributed by atoms with Gasteiger partial charge in [-0.15, -0.1) is 0 Å². The van der Waals surface area contributed by atoms with Gasteiger partial charge in [-0.1, -0.05) is 11.6 Å². The molecule has 0 atom stereocenters. The van der Waals surface area contributed by atoms with Crippen LogP contribution in [-0.4, -0.2) is 49.0 Å². The number of phenolic OH excluding ortho intramolecular Hbond substituents is 1. The van der Waals surface area contributed by atoms with Crippen LogP contribution < -0.4 is 19.6 Å². The zero-order valence-electron chi connectivity index (χ0n) is 24.4. The Hall–Kier alpha value is -3.45. The lowest BCUT2D eigenvalue weighted by Gasteiger charge is -2.28. The first kappa shape index (κ1) is 28.1. The first-order valence-electron chi connectivity index (χ1n) is 14.4. The van der Waals surface area contributed by atoms with Gasteiger partial charge in [-0.05, 0) is 98.0 Å². The Balaban J connectivity index is 1.53. The van der Waals surface area contributed by atoms with Crippen molar-refractivity contribution in [1.29, 1.82) is 0 Å². The summed E-state index contributed by atoms with van der Waals surface area (Å²) in [4.78, 5) is 16.5. The molecule has 0 amide bonds. The highest BCUT2D eigenvalue weighted by molar-refractivity contribution is 5.99. The van der Waals surface area contributed by atoms with E-state index in [9.17, 15) is 9.90 Å². The van der Waals surface area contributed by atoms with E-state index in [4.69, 9.17) is 18.6 Å². The van der Waals surface area contributed by atoms with Crippen LogP contribution in [0.2, 0.25) is 0 Å². The molecule has 7 heteroatoms. The molecule has 5 rings (SSSR count). The van der Waals surface area contributed by atoms with Crippen LogP contribution in [0.3, 0.4) is 0 Å². The van der Waals surface area contributed by atoms with Gasteiger partial charge in [0.2, 0.25) is 5.43 Å². The standard InChI is InChI=1S/C33H41NO6/c1-21(2)11-12-23-28-25(20-27(32(23)37-5)38-18-10-6-7-15-34-16-8-9-17-34)39-26-19-24-22(13-14-33(3,4)40-24)30(35)29(26)31(28)36/h11,13-14,19-20,35H,6-10,12,15-18H2,1-5H3. The maximum Gasteiger partial charge on any atom is 0.204 e. The maximum absolute atomic E-state index is 14.0. The molecule has 0 aliphatic carbocycles. The molecule has 2 aliphatic heterocycles. The molecule has 7 nitrogen and oxygen atoms in total. The lowest BCUT2D eigenvalue weighted by atomic mass is 9.97. The molecule has 0 spiro atoms. The largest absolute Gasteiger partial charge is 0.506 e. The number of rotatable bonds is 10. The van der Waals surface area contributed by atoms with Gasteiger partial charge in [-0.3, -0.25) is 4.79 Å². The van der Waals surface area contributed by atoms with Crippen molar-refractivity contribution < 1.29 is 23.7 Å². The Kier molecular flexibility index (Phi) is 8.13. The Morgan fingerprint density at radius 1 is 1.10 bits per heavy atom. The predicted octanol–water partition coefficient (Wildman–Crippen LogP) is 7.00. The topological polar surface area (TPSA) is 81.4 Å². The molecule has 40 heavy (non-hydrogen) atoms. The molecule has 1 N–H and O–H groups in total. The molecule has 0 bridgehead atoms. The maximum atomic E-state index is 14.0. The molecule has 2 aliphatic rings. The number of hydrogen-bond donors (Lipinski definition) is 1. The van der Waals surface area contributed by atoms with Gasteiger partial charge in [0.1, 0.15) is 33.7 Å². The van der Waals surface area contributed by atoms with Crippen LogP contribution in [0.4, 0.5) is 0 Å². The van der Waals surface area contributed by atoms with Crippen molar-refractivity contribution in [2.75, 3.05) is 33.4 Å². The zero-order chi connectivity index (χ0) is 28.4. The lowest BCUT2D eigenvalue weighted by Crippen LogP contribution is -2.27. The number of hydrogen-bond acceptors (Lipinski definition) is 7. The first-order valence-corrected chi connectivity index (χ1v) is 14.4. The number of phenols is 1. The second-order valence-corrected chi connectivity index (χ2v) is 11.7. The van der Waals surface area contributed by atoms with Crippen LogP contribution in [-0.2, 0) is 6.42 Å². The third-order valence-electron chi connectivity index (χ3n) is 7.77. The second kappa shape index (κ2) is 11.6. The average molecular weight is 548 g/mol. The lowest BCUT2D eigenvalue weighted by molar-refractivity contribution is 0.158. The van der Waals surface area contributed by atoms with Gasteiger partial charge in [0.05, 0.1) is 24.7 Å². The smallest absolute Gasteiger partial charge is 0.204 e. The fourth-order valence-corrected chi connectivity index (χ4v) is 5.66. The van der Waals surface area contributed by atoms with Crippen molar-refractivity contribution in [3.05, 3.63) is 51.2 Å². The number of nitrogens with zero attached hydrogens (tertiary/aromatic N) is 1. The summed E-state index contributed by atoms with van der Waals surface area (Å²) in [7, 11) is 1.59. The minimum atomic E-state index is -0.537. The van der Waals surface area contributed by atoms with Gasteiger partial charge in [0, 0.05) is 17.7 Å². The zero-order valence-corrected chi connectivity index (χ0v) is 24.4. The fraction of sp³-hybridized carbons (Fsp3) is 0.485. The highest BCUT2D eigenvalue weighted by atomic mass is 16.5. The summed E-state index contributed by atoms with van der Waals surface area (Å²) < 4.78 is 24.5. The quantitative estimate of drug-likeness (QED) is 0.166. The SMILES string of the molecule is COc1c(OCCCCCN2CCCC2)cc2oc3cc4c(c(O)c3c(=O)c2c1CC=C(C)C)C=CC(C)(C)O4. The number of aromatic hydroxyl groups is 1.